The summed E-state index contributed by atoms with van der Waals surface area (Å²) in [6, 6.07) is 6.28. The summed E-state index contributed by atoms with van der Waals surface area (Å²) in [7, 11) is 2.84. The Morgan fingerprint density at radius 1 is 0.656 bits per heavy atom. The van der Waals surface area contributed by atoms with Gasteiger partial charge in [-0.25, -0.2) is 4.79 Å². The molecule has 1 aromatic carbocycles. The van der Waals surface area contributed by atoms with Crippen LogP contribution in [0.25, 0.3) is 0 Å². The van der Waals surface area contributed by atoms with Gasteiger partial charge in [0.25, 0.3) is 0 Å². The van der Waals surface area contributed by atoms with Crippen molar-refractivity contribution in [3.8, 4) is 0 Å². The molecule has 0 saturated carbocycles. The van der Waals surface area contributed by atoms with Crippen molar-refractivity contribution in [2.75, 3.05) is 27.8 Å². The van der Waals surface area contributed by atoms with Crippen molar-refractivity contribution >= 4 is 23.5 Å². The predicted molar refractivity (Wildman–Crippen MR) is 134 cm³/mol. The summed E-state index contributed by atoms with van der Waals surface area (Å²) in [5, 5.41) is 0. The summed E-state index contributed by atoms with van der Waals surface area (Å²) < 4.78 is 18.2. The SMILES string of the molecule is C.C.C.C.C.C.C.COCOC(=O)CC(C)=O.COCOC(=O)c1ccc(C(C)=O)cc1. The maximum Gasteiger partial charge on any atom is 0.340 e. The van der Waals surface area contributed by atoms with Crippen molar-refractivity contribution in [2.45, 2.75) is 72.3 Å². The quantitative estimate of drug-likeness (QED) is 0.192. The van der Waals surface area contributed by atoms with Crippen molar-refractivity contribution in [1.82, 2.24) is 0 Å². The van der Waals surface area contributed by atoms with Gasteiger partial charge in [0, 0.05) is 19.8 Å². The molecule has 0 amide bonds. The molecule has 0 bridgehead atoms. The largest absolute Gasteiger partial charge is 0.438 e. The molecular weight excluding hydrogens is 416 g/mol. The summed E-state index contributed by atoms with van der Waals surface area (Å²) in [5.41, 5.74) is 0.968. The number of benzene rings is 1. The fraction of sp³-hybridized carbons (Fsp3) is 0.583. The molecule has 1 aromatic rings. The number of ketones is 2. The van der Waals surface area contributed by atoms with Crippen molar-refractivity contribution < 1.29 is 38.1 Å². The van der Waals surface area contributed by atoms with E-state index in [1.54, 1.807) is 24.3 Å². The fourth-order valence-corrected chi connectivity index (χ4v) is 1.42. The Balaban J connectivity index is -0.0000000517. The zero-order valence-corrected chi connectivity index (χ0v) is 14.7. The first-order valence-electron chi connectivity index (χ1n) is 7.22. The summed E-state index contributed by atoms with van der Waals surface area (Å²) in [5.74, 6) is -1.26. The Hall–Kier alpha value is -2.58. The molecule has 0 radical (unpaired) electrons. The van der Waals surface area contributed by atoms with Crippen LogP contribution < -0.4 is 0 Å². The molecule has 0 aliphatic carbocycles. The van der Waals surface area contributed by atoms with Crippen LogP contribution in [0.4, 0.5) is 0 Å². The minimum atomic E-state index is -0.547. The number of carbonyl (C=O) groups is 4. The van der Waals surface area contributed by atoms with Crippen molar-refractivity contribution in [2.24, 2.45) is 0 Å². The van der Waals surface area contributed by atoms with E-state index in [0.29, 0.717) is 11.1 Å². The zero-order chi connectivity index (χ0) is 19.2. The smallest absolute Gasteiger partial charge is 0.340 e. The minimum absolute atomic E-state index is 0. The monoisotopic (exact) mass is 466 g/mol. The maximum atomic E-state index is 11.3. The number of hydrogen-bond acceptors (Lipinski definition) is 8. The lowest BCUT2D eigenvalue weighted by molar-refractivity contribution is -0.155. The standard InChI is InChI=1S/C11H12O4.C6H10O4.7CH4/c1-8(12)9-3-5-10(6-4-9)11(13)15-7-14-2;1-5(7)3-6(8)10-4-9-2;;;;;;;/h3-6H,7H2,1-2H3;3-4H2,1-2H3;7*1H4. The lowest BCUT2D eigenvalue weighted by Gasteiger charge is -2.03. The molecule has 0 N–H and O–H groups in total. The molecule has 0 aromatic heterocycles. The van der Waals surface area contributed by atoms with E-state index >= 15 is 0 Å². The molecule has 8 heteroatoms. The molecule has 1 rings (SSSR count). The van der Waals surface area contributed by atoms with Gasteiger partial charge in [-0.3, -0.25) is 14.4 Å². The molecule has 194 valence electrons. The van der Waals surface area contributed by atoms with Gasteiger partial charge >= 0.3 is 11.9 Å². The van der Waals surface area contributed by atoms with Gasteiger partial charge < -0.3 is 18.9 Å². The molecule has 0 unspecified atom stereocenters. The van der Waals surface area contributed by atoms with E-state index in [9.17, 15) is 19.2 Å². The Morgan fingerprint density at radius 3 is 1.38 bits per heavy atom. The number of carbonyl (C=O) groups excluding carboxylic acids is 4. The van der Waals surface area contributed by atoms with Crippen LogP contribution in [-0.4, -0.2) is 51.3 Å². The van der Waals surface area contributed by atoms with Gasteiger partial charge in [0.1, 0.15) is 12.2 Å². The molecule has 0 aliphatic heterocycles. The highest BCUT2D eigenvalue weighted by atomic mass is 16.7. The van der Waals surface area contributed by atoms with Crippen LogP contribution in [0, 0.1) is 0 Å². The molecule has 0 atom stereocenters. The van der Waals surface area contributed by atoms with Gasteiger partial charge in [-0.1, -0.05) is 64.1 Å². The number of rotatable bonds is 8. The van der Waals surface area contributed by atoms with E-state index < -0.39 is 11.9 Å². The van der Waals surface area contributed by atoms with Crippen molar-refractivity contribution in [1.29, 1.82) is 0 Å². The first kappa shape index (κ1) is 51.8. The predicted octanol–water partition coefficient (Wildman–Crippen LogP) is 6.22. The topological polar surface area (TPSA) is 105 Å². The first-order valence-corrected chi connectivity index (χ1v) is 7.22. The second-order valence-electron chi connectivity index (χ2n) is 4.77. The van der Waals surface area contributed by atoms with Crippen LogP contribution >= 0.6 is 0 Å². The van der Waals surface area contributed by atoms with Crippen LogP contribution in [0.3, 0.4) is 0 Å². The lowest BCUT2D eigenvalue weighted by Crippen LogP contribution is -2.10. The number of esters is 2. The molecule has 0 fully saturated rings. The van der Waals surface area contributed by atoms with Gasteiger partial charge in [-0.05, 0) is 26.0 Å². The lowest BCUT2D eigenvalue weighted by atomic mass is 10.1. The third-order valence-electron chi connectivity index (χ3n) is 2.57. The van der Waals surface area contributed by atoms with Gasteiger partial charge in [-0.15, -0.1) is 0 Å². The Kier molecular flexibility index (Phi) is 49.5. The van der Waals surface area contributed by atoms with Crippen molar-refractivity contribution in [3.63, 3.8) is 0 Å². The Morgan fingerprint density at radius 2 is 1.03 bits per heavy atom. The van der Waals surface area contributed by atoms with Gasteiger partial charge in [-0.2, -0.15) is 0 Å². The second-order valence-corrected chi connectivity index (χ2v) is 4.77. The molecular formula is C24H50O8. The van der Waals surface area contributed by atoms with Gasteiger partial charge in [0.2, 0.25) is 0 Å². The van der Waals surface area contributed by atoms with E-state index in [1.807, 2.05) is 0 Å². The highest BCUT2D eigenvalue weighted by molar-refractivity contribution is 5.96. The molecule has 0 heterocycles. The number of ether oxygens (including phenoxy) is 4. The third-order valence-corrected chi connectivity index (χ3v) is 2.57. The van der Waals surface area contributed by atoms with Crippen LogP contribution in [0.1, 0.15) is 93.0 Å². The van der Waals surface area contributed by atoms with Crippen LogP contribution in [0.5, 0.6) is 0 Å². The maximum absolute atomic E-state index is 11.3. The number of methoxy groups -OCH3 is 2. The number of hydrogen-bond donors (Lipinski definition) is 0. The molecule has 0 saturated heterocycles. The Bertz CT molecular complexity index is 580. The number of Topliss-reactive ketones (excluding diaryl/α,β-unsaturated/α-hetero) is 2. The van der Waals surface area contributed by atoms with E-state index in [4.69, 9.17) is 4.74 Å². The normalized spacial score (nSPS) is 7.38. The highest BCUT2D eigenvalue weighted by Gasteiger charge is 2.07. The van der Waals surface area contributed by atoms with Crippen molar-refractivity contribution in [3.05, 3.63) is 35.4 Å². The summed E-state index contributed by atoms with van der Waals surface area (Å²) in [4.78, 5) is 43.0. The molecule has 8 nitrogen and oxygen atoms in total. The fourth-order valence-electron chi connectivity index (χ4n) is 1.42. The molecule has 0 aliphatic rings. The third kappa shape index (κ3) is 25.5. The van der Waals surface area contributed by atoms with E-state index in [2.05, 4.69) is 14.2 Å². The van der Waals surface area contributed by atoms with E-state index in [0.717, 1.165) is 0 Å². The average molecular weight is 467 g/mol. The molecule has 32 heavy (non-hydrogen) atoms. The van der Waals surface area contributed by atoms with Crippen LogP contribution in [0.15, 0.2) is 24.3 Å². The summed E-state index contributed by atoms with van der Waals surface area (Å²) in [6.45, 7) is 2.63. The van der Waals surface area contributed by atoms with Crippen LogP contribution in [0.2, 0.25) is 0 Å². The average Bonchev–Trinajstić information content (AvgIpc) is 2.57. The second kappa shape index (κ2) is 30.6. The van der Waals surface area contributed by atoms with E-state index in [1.165, 1.54) is 28.1 Å². The zero-order valence-electron chi connectivity index (χ0n) is 14.7. The first-order chi connectivity index (χ1) is 11.8. The Labute approximate surface area is 197 Å². The van der Waals surface area contributed by atoms with Gasteiger partial charge in [0.05, 0.1) is 5.56 Å². The molecule has 0 spiro atoms. The van der Waals surface area contributed by atoms with E-state index in [-0.39, 0.29) is 83.6 Å². The summed E-state index contributed by atoms with van der Waals surface area (Å²) in [6.07, 6.45) is -0.177. The van der Waals surface area contributed by atoms with Gasteiger partial charge in [0.15, 0.2) is 19.4 Å². The summed E-state index contributed by atoms with van der Waals surface area (Å²) >= 11 is 0. The minimum Gasteiger partial charge on any atom is -0.438 e. The van der Waals surface area contributed by atoms with Crippen LogP contribution in [-0.2, 0) is 28.5 Å². The highest BCUT2D eigenvalue weighted by Crippen LogP contribution is 2.06.